The Morgan fingerprint density at radius 3 is 2.07 bits per heavy atom. The molecule has 3 heterocycles. The van der Waals surface area contributed by atoms with Crippen molar-refractivity contribution in [2.45, 2.75) is 161 Å². The number of carbonyl (C=O) groups is 5. The Kier molecular flexibility index (Phi) is 20.4. The van der Waals surface area contributed by atoms with Crippen LogP contribution in [0.1, 0.15) is 81.1 Å². The maximum absolute atomic E-state index is 13.7. The van der Waals surface area contributed by atoms with Gasteiger partial charge in [-0.2, -0.15) is 0 Å². The predicted octanol–water partition coefficient (Wildman–Crippen LogP) is 2.70. The van der Waals surface area contributed by atoms with Gasteiger partial charge in [0.1, 0.15) is 36.8 Å². The van der Waals surface area contributed by atoms with Crippen LogP contribution in [0.2, 0.25) is 0 Å². The molecule has 0 spiro atoms. The lowest BCUT2D eigenvalue weighted by atomic mass is 9.79. The topological polar surface area (TPSA) is 212 Å². The molecule has 2 N–H and O–H groups in total. The van der Waals surface area contributed by atoms with E-state index in [-0.39, 0.29) is 25.2 Å². The van der Waals surface area contributed by atoms with Gasteiger partial charge in [-0.15, -0.1) is 0 Å². The number of ether oxygens (including phenoxy) is 9. The van der Waals surface area contributed by atoms with E-state index in [0.717, 1.165) is 0 Å². The van der Waals surface area contributed by atoms with E-state index in [0.29, 0.717) is 18.3 Å². The van der Waals surface area contributed by atoms with Crippen LogP contribution >= 0.6 is 0 Å². The minimum absolute atomic E-state index is 0.0110. The SMILES string of the molecule is CC[C@H]1OC(=O)C[C@@H](O)[C@H](C)[C@@H](O[C@@H]2OC(C)[C@@H](OC(C)=O)C(N(C)C)C2OC(C)=O)[C@@H](CC=O)C[C@@H](C)C(=O)C=CC(C)=C[C@@H]1CO[C@@H]1OC(C)[C@@H](O)[C@H](OC)C1OC. The van der Waals surface area contributed by atoms with Gasteiger partial charge in [-0.3, -0.25) is 24.1 Å². The van der Waals surface area contributed by atoms with Crippen molar-refractivity contribution in [3.63, 3.8) is 0 Å². The van der Waals surface area contributed by atoms with E-state index in [1.54, 1.807) is 59.7 Å². The standard InChI is InChI=1S/C43H69NO16/c1-13-33-30(21-54-42-41(53-12)40(52-11)36(51)25(5)55-42)18-22(2)14-15-31(48)23(3)19-29(16-17-45)37(24(4)32(49)20-34(50)59-33)60-43-39(58-28(8)47)35(44(9)10)38(26(6)56-43)57-27(7)46/h14-15,17-18,23-26,29-30,32-33,35-43,49,51H,13,16,19-21H2,1-12H3/t23-,24+,25?,26?,29+,30-,32-,33-,35?,36-,37-,38-,39?,40+,41?,42-,43+/m1/s1. The molecular formula is C43H69NO16. The summed E-state index contributed by atoms with van der Waals surface area (Å²) in [6.07, 6.45) is -5.58. The molecule has 17 atom stereocenters. The van der Waals surface area contributed by atoms with Gasteiger partial charge in [-0.1, -0.05) is 38.5 Å². The highest BCUT2D eigenvalue weighted by Crippen LogP contribution is 2.36. The van der Waals surface area contributed by atoms with Crippen LogP contribution in [0, 0.1) is 23.7 Å². The highest BCUT2D eigenvalue weighted by Gasteiger charge is 2.52. The van der Waals surface area contributed by atoms with Crippen molar-refractivity contribution in [2.24, 2.45) is 23.7 Å². The lowest BCUT2D eigenvalue weighted by Crippen LogP contribution is -2.65. The number of hydrogen-bond acceptors (Lipinski definition) is 17. The summed E-state index contributed by atoms with van der Waals surface area (Å²) in [7, 11) is 6.38. The first-order chi connectivity index (χ1) is 28.3. The van der Waals surface area contributed by atoms with Crippen molar-refractivity contribution in [1.82, 2.24) is 4.90 Å². The van der Waals surface area contributed by atoms with E-state index < -0.39 is 128 Å². The van der Waals surface area contributed by atoms with Crippen molar-refractivity contribution in [3.8, 4) is 0 Å². The van der Waals surface area contributed by atoms with Crippen LogP contribution < -0.4 is 0 Å². The number of aliphatic hydroxyl groups is 2. The molecule has 3 aliphatic heterocycles. The Morgan fingerprint density at radius 2 is 1.50 bits per heavy atom. The van der Waals surface area contributed by atoms with Gasteiger partial charge in [0, 0.05) is 52.2 Å². The molecule has 17 nitrogen and oxygen atoms in total. The summed E-state index contributed by atoms with van der Waals surface area (Å²) in [6, 6.07) is -0.733. The maximum atomic E-state index is 13.7. The summed E-state index contributed by atoms with van der Waals surface area (Å²) in [4.78, 5) is 66.1. The van der Waals surface area contributed by atoms with Crippen LogP contribution in [0.3, 0.4) is 0 Å². The third-order valence-electron chi connectivity index (χ3n) is 11.7. The molecule has 0 amide bonds. The third-order valence-corrected chi connectivity index (χ3v) is 11.7. The fraction of sp³-hybridized carbons (Fsp3) is 0.791. The second-order valence-corrected chi connectivity index (χ2v) is 16.5. The first kappa shape index (κ1) is 51.2. The number of likely N-dealkylation sites (N-methyl/N-ethyl adjacent to an activating group) is 1. The van der Waals surface area contributed by atoms with Gasteiger partial charge >= 0.3 is 17.9 Å². The zero-order chi connectivity index (χ0) is 45.0. The van der Waals surface area contributed by atoms with Gasteiger partial charge < -0.3 is 57.6 Å². The predicted molar refractivity (Wildman–Crippen MR) is 215 cm³/mol. The molecule has 0 aromatic heterocycles. The van der Waals surface area contributed by atoms with E-state index in [9.17, 15) is 34.2 Å². The van der Waals surface area contributed by atoms with Crippen LogP contribution in [0.15, 0.2) is 23.8 Å². The number of rotatable bonds is 13. The molecule has 60 heavy (non-hydrogen) atoms. The molecule has 342 valence electrons. The minimum atomic E-state index is -1.37. The number of carbonyl (C=O) groups excluding carboxylic acids is 5. The number of hydrogen-bond donors (Lipinski definition) is 2. The number of aliphatic hydroxyl groups excluding tert-OH is 2. The lowest BCUT2D eigenvalue weighted by molar-refractivity contribution is -0.308. The van der Waals surface area contributed by atoms with Crippen molar-refractivity contribution in [1.29, 1.82) is 0 Å². The molecule has 0 aliphatic carbocycles. The van der Waals surface area contributed by atoms with Crippen LogP contribution in [-0.4, -0.2) is 160 Å². The monoisotopic (exact) mass is 855 g/mol. The number of allylic oxidation sites excluding steroid dienone is 3. The van der Waals surface area contributed by atoms with Crippen LogP contribution in [0.25, 0.3) is 0 Å². The molecule has 0 radical (unpaired) electrons. The van der Waals surface area contributed by atoms with Crippen LogP contribution in [0.4, 0.5) is 0 Å². The zero-order valence-corrected chi connectivity index (χ0v) is 37.2. The molecule has 2 saturated heterocycles. The number of methoxy groups -OCH3 is 2. The van der Waals surface area contributed by atoms with Gasteiger partial charge in [-0.05, 0) is 59.7 Å². The van der Waals surface area contributed by atoms with E-state index in [1.165, 1.54) is 34.1 Å². The molecule has 0 aromatic carbocycles. The molecule has 0 bridgehead atoms. The second-order valence-electron chi connectivity index (χ2n) is 16.5. The maximum Gasteiger partial charge on any atom is 0.308 e. The van der Waals surface area contributed by atoms with E-state index in [4.69, 9.17) is 42.6 Å². The van der Waals surface area contributed by atoms with Crippen molar-refractivity contribution < 1.29 is 76.8 Å². The molecular weight excluding hydrogens is 786 g/mol. The van der Waals surface area contributed by atoms with E-state index >= 15 is 0 Å². The quantitative estimate of drug-likeness (QED) is 0.155. The van der Waals surface area contributed by atoms with E-state index in [1.807, 2.05) is 13.0 Å². The summed E-state index contributed by atoms with van der Waals surface area (Å²) in [5.41, 5.74) is 0.680. The van der Waals surface area contributed by atoms with Gasteiger partial charge in [-0.25, -0.2) is 0 Å². The average molecular weight is 856 g/mol. The average Bonchev–Trinajstić information content (AvgIpc) is 3.17. The molecule has 0 aromatic rings. The summed E-state index contributed by atoms with van der Waals surface area (Å²) in [6.45, 7) is 12.9. The van der Waals surface area contributed by atoms with Gasteiger partial charge in [0.25, 0.3) is 0 Å². The minimum Gasteiger partial charge on any atom is -0.462 e. The molecule has 5 unspecified atom stereocenters. The Labute approximate surface area is 354 Å². The Balaban J connectivity index is 2.03. The van der Waals surface area contributed by atoms with Gasteiger partial charge in [0.15, 0.2) is 24.5 Å². The Bertz CT molecular complexity index is 1490. The first-order valence-electron chi connectivity index (χ1n) is 20.8. The van der Waals surface area contributed by atoms with Crippen LogP contribution in [-0.2, 0) is 66.6 Å². The highest BCUT2D eigenvalue weighted by atomic mass is 16.7. The van der Waals surface area contributed by atoms with E-state index in [2.05, 4.69) is 0 Å². The van der Waals surface area contributed by atoms with Crippen molar-refractivity contribution in [3.05, 3.63) is 23.8 Å². The summed E-state index contributed by atoms with van der Waals surface area (Å²) in [5.74, 6) is -4.86. The number of ketones is 1. The summed E-state index contributed by atoms with van der Waals surface area (Å²) in [5, 5.41) is 22.4. The molecule has 17 heteroatoms. The van der Waals surface area contributed by atoms with Gasteiger partial charge in [0.2, 0.25) is 0 Å². The smallest absolute Gasteiger partial charge is 0.308 e. The fourth-order valence-corrected chi connectivity index (χ4v) is 8.39. The first-order valence-corrected chi connectivity index (χ1v) is 20.8. The zero-order valence-electron chi connectivity index (χ0n) is 37.2. The lowest BCUT2D eigenvalue weighted by Gasteiger charge is -2.48. The molecule has 3 aliphatic rings. The molecule has 3 rings (SSSR count). The number of esters is 3. The Morgan fingerprint density at radius 1 is 0.883 bits per heavy atom. The normalized spacial score (nSPS) is 38.8. The third kappa shape index (κ3) is 13.7. The van der Waals surface area contributed by atoms with Crippen molar-refractivity contribution >= 4 is 30.0 Å². The largest absolute Gasteiger partial charge is 0.462 e. The fourth-order valence-electron chi connectivity index (χ4n) is 8.39. The van der Waals surface area contributed by atoms with Crippen LogP contribution in [0.5, 0.6) is 0 Å². The summed E-state index contributed by atoms with van der Waals surface area (Å²) < 4.78 is 53.8. The second kappa shape index (κ2) is 23.9. The number of nitrogens with zero attached hydrogens (tertiary/aromatic N) is 1. The number of cyclic esters (lactones) is 1. The molecule has 2 fully saturated rings. The van der Waals surface area contributed by atoms with Gasteiger partial charge in [0.05, 0.1) is 43.5 Å². The Hall–Kier alpha value is -3.13. The summed E-state index contributed by atoms with van der Waals surface area (Å²) >= 11 is 0. The van der Waals surface area contributed by atoms with Crippen molar-refractivity contribution in [2.75, 3.05) is 34.9 Å². The number of aldehydes is 1. The highest BCUT2D eigenvalue weighted by molar-refractivity contribution is 5.91. The molecule has 0 saturated carbocycles.